The van der Waals surface area contributed by atoms with Crippen LogP contribution in [0.15, 0.2) is 0 Å². The quantitative estimate of drug-likeness (QED) is 0.430. The van der Waals surface area contributed by atoms with Gasteiger partial charge in [-0.15, -0.1) is 0 Å². The van der Waals surface area contributed by atoms with E-state index in [0.29, 0.717) is 0 Å². The van der Waals surface area contributed by atoms with Crippen molar-refractivity contribution in [3.63, 3.8) is 0 Å². The first-order valence-electron chi connectivity index (χ1n) is 0. The summed E-state index contributed by atoms with van der Waals surface area (Å²) in [6, 6.07) is 0. The summed E-state index contributed by atoms with van der Waals surface area (Å²) >= 11 is 0. The van der Waals surface area contributed by atoms with Gasteiger partial charge < -0.3 is 27.4 Å². The van der Waals surface area contributed by atoms with Gasteiger partial charge in [0.25, 0.3) is 0 Å². The van der Waals surface area contributed by atoms with Gasteiger partial charge in [-0.3, -0.25) is 0 Å². The molecule has 8 heavy (non-hydrogen) atoms. The van der Waals surface area contributed by atoms with Crippen LogP contribution in [-0.2, 0) is 79.4 Å². The Hall–Kier alpha value is 3.03. The molecule has 0 aliphatic rings. The molecule has 0 radical (unpaired) electrons. The molecule has 0 aliphatic carbocycles. The molecular weight excluding hydrogens is 437 g/mol. The zero-order valence-corrected chi connectivity index (χ0v) is 13.3. The molecule has 0 bridgehead atoms. The Bertz CT molecular complexity index is 12.4. The Labute approximate surface area is 122 Å². The van der Waals surface area contributed by atoms with E-state index in [9.17, 15) is 0 Å². The molecule has 0 aromatic carbocycles. The normalized spacial score (nSPS) is 0. The summed E-state index contributed by atoms with van der Waals surface area (Å²) in [6.07, 6.45) is 0. The smallest absolute Gasteiger partial charge is 2.00 e. The van der Waals surface area contributed by atoms with Crippen molar-refractivity contribution in [2.75, 3.05) is 0 Å². The fraction of sp³-hybridized carbons (Fsp3) is 0. The van der Waals surface area contributed by atoms with E-state index < -0.39 is 0 Å². The van der Waals surface area contributed by atoms with Gasteiger partial charge in [0.2, 0.25) is 0 Å². The Morgan fingerprint density at radius 1 is 0.500 bits per heavy atom. The minimum Gasteiger partial charge on any atom is -2.00 e. The summed E-state index contributed by atoms with van der Waals surface area (Å²) in [7, 11) is 0. The summed E-state index contributed by atoms with van der Waals surface area (Å²) in [4.78, 5) is 0. The van der Waals surface area contributed by atoms with E-state index in [1.807, 2.05) is 0 Å². The molecule has 0 unspecified atom stereocenters. The SMILES string of the molecule is [Hf+4].[O-2].[O-2].[O-2].[O-2].[O-2].[Sr+2].[Zr+4]. The van der Waals surface area contributed by atoms with Gasteiger partial charge in [-0.1, -0.05) is 0 Å². The van der Waals surface area contributed by atoms with Crippen molar-refractivity contribution in [3.8, 4) is 0 Å². The van der Waals surface area contributed by atoms with Crippen LogP contribution >= 0.6 is 0 Å². The second kappa shape index (κ2) is 89.0. The van der Waals surface area contributed by atoms with Crippen molar-refractivity contribution in [2.45, 2.75) is 0 Å². The third kappa shape index (κ3) is 63.3. The van der Waals surface area contributed by atoms with Crippen LogP contribution in [0.5, 0.6) is 0 Å². The zero-order valence-electron chi connectivity index (χ0n) is 3.75. The Balaban J connectivity index is 0. The fourth-order valence-corrected chi connectivity index (χ4v) is 0. The maximum absolute atomic E-state index is 0. The van der Waals surface area contributed by atoms with Gasteiger partial charge in [-0.25, -0.2) is 0 Å². The molecule has 0 atom stereocenters. The van der Waals surface area contributed by atoms with Crippen LogP contribution in [0.25, 0.3) is 0 Å². The predicted molar refractivity (Wildman–Crippen MR) is 9.19 cm³/mol. The molecule has 0 fully saturated rings. The van der Waals surface area contributed by atoms with E-state index in [1.165, 1.54) is 0 Å². The van der Waals surface area contributed by atoms with E-state index in [-0.39, 0.29) is 125 Å². The Morgan fingerprint density at radius 3 is 0.500 bits per heavy atom. The number of hydrogen-bond acceptors (Lipinski definition) is 0. The van der Waals surface area contributed by atoms with Crippen molar-refractivity contribution in [3.05, 3.63) is 0 Å². The van der Waals surface area contributed by atoms with E-state index in [0.717, 1.165) is 0 Å². The minimum atomic E-state index is 0. The molecule has 0 heterocycles. The summed E-state index contributed by atoms with van der Waals surface area (Å²) in [6.45, 7) is 0. The minimum absolute atomic E-state index is 0. The maximum atomic E-state index is 0. The molecule has 0 aromatic rings. The van der Waals surface area contributed by atoms with Crippen LogP contribution in [0.3, 0.4) is 0 Å². The van der Waals surface area contributed by atoms with Crippen LogP contribution in [-0.4, -0.2) is 45.5 Å². The van der Waals surface area contributed by atoms with Gasteiger partial charge >= 0.3 is 97.5 Å². The monoisotopic (exact) mass is 438 g/mol. The largest absolute Gasteiger partial charge is 4.00 e. The first-order valence-corrected chi connectivity index (χ1v) is 0. The van der Waals surface area contributed by atoms with E-state index in [4.69, 9.17) is 0 Å². The Kier molecular flexibility index (Phi) is 1340. The molecule has 40 valence electrons. The van der Waals surface area contributed by atoms with Crippen LogP contribution in [0.2, 0.25) is 0 Å². The first kappa shape index (κ1) is 121. The second-order valence-electron chi connectivity index (χ2n) is 0. The molecular formula is HfO5SrZr. The van der Waals surface area contributed by atoms with Crippen LogP contribution in [0.1, 0.15) is 0 Å². The molecule has 8 heteroatoms. The van der Waals surface area contributed by atoms with Crippen LogP contribution < -0.4 is 0 Å². The van der Waals surface area contributed by atoms with Crippen molar-refractivity contribution < 1.29 is 79.4 Å². The van der Waals surface area contributed by atoms with Gasteiger partial charge in [-0.2, -0.15) is 0 Å². The van der Waals surface area contributed by atoms with Crippen molar-refractivity contribution in [2.24, 2.45) is 0 Å². The van der Waals surface area contributed by atoms with Crippen molar-refractivity contribution >= 4 is 45.5 Å². The van der Waals surface area contributed by atoms with Gasteiger partial charge in [0.15, 0.2) is 0 Å². The standard InChI is InChI=1S/Hf.5O.Sr.Zr/q+4;5*-2;+2;+4. The summed E-state index contributed by atoms with van der Waals surface area (Å²) in [5, 5.41) is 0. The van der Waals surface area contributed by atoms with Crippen LogP contribution in [0, 0.1) is 0 Å². The molecule has 0 saturated carbocycles. The van der Waals surface area contributed by atoms with Gasteiger partial charge in [-0.05, 0) is 0 Å². The molecule has 0 amide bonds. The summed E-state index contributed by atoms with van der Waals surface area (Å²) in [5.41, 5.74) is 0. The number of hydrogen-bond donors (Lipinski definition) is 0. The topological polar surface area (TPSA) is 142 Å². The molecule has 0 N–H and O–H groups in total. The molecule has 5 nitrogen and oxygen atoms in total. The van der Waals surface area contributed by atoms with Gasteiger partial charge in [0, 0.05) is 0 Å². The number of rotatable bonds is 0. The van der Waals surface area contributed by atoms with Crippen molar-refractivity contribution in [1.82, 2.24) is 0 Å². The summed E-state index contributed by atoms with van der Waals surface area (Å²) in [5.74, 6) is 0. The molecule has 0 spiro atoms. The molecule has 0 saturated heterocycles. The van der Waals surface area contributed by atoms with E-state index in [2.05, 4.69) is 0 Å². The fourth-order valence-electron chi connectivity index (χ4n) is 0. The van der Waals surface area contributed by atoms with Gasteiger partial charge in [0.1, 0.15) is 0 Å². The Morgan fingerprint density at radius 2 is 0.500 bits per heavy atom. The maximum Gasteiger partial charge on any atom is 4.00 e. The zero-order chi connectivity index (χ0) is 0. The van der Waals surface area contributed by atoms with Gasteiger partial charge in [0.05, 0.1) is 0 Å². The van der Waals surface area contributed by atoms with Crippen molar-refractivity contribution in [1.29, 1.82) is 0 Å². The molecule has 0 rings (SSSR count). The molecule has 0 aromatic heterocycles. The second-order valence-corrected chi connectivity index (χ2v) is 0. The average Bonchev–Trinajstić information content (AvgIpc) is 0. The predicted octanol–water partition coefficient (Wildman–Crippen LogP) is -0.980. The third-order valence-corrected chi connectivity index (χ3v) is 0. The average molecular weight is 437 g/mol. The van der Waals surface area contributed by atoms with E-state index in [1.54, 1.807) is 0 Å². The summed E-state index contributed by atoms with van der Waals surface area (Å²) < 4.78 is 0. The van der Waals surface area contributed by atoms with E-state index >= 15 is 0 Å². The van der Waals surface area contributed by atoms with Crippen LogP contribution in [0.4, 0.5) is 0 Å². The molecule has 0 aliphatic heterocycles. The third-order valence-electron chi connectivity index (χ3n) is 0. The first-order chi connectivity index (χ1) is 0.